The number of nitrogens with two attached hydrogens (primary N) is 1. The minimum absolute atomic E-state index is 0.0475. The average molecular weight is 879 g/mol. The van der Waals surface area contributed by atoms with Crippen molar-refractivity contribution in [3.05, 3.63) is 54.1 Å². The fourth-order valence-corrected chi connectivity index (χ4v) is 7.27. The van der Waals surface area contributed by atoms with Gasteiger partial charge in [0.15, 0.2) is 0 Å². The van der Waals surface area contributed by atoms with Crippen molar-refractivity contribution in [1.82, 2.24) is 36.1 Å². The van der Waals surface area contributed by atoms with Crippen molar-refractivity contribution in [3.63, 3.8) is 0 Å². The molecule has 3 rings (SSSR count). The lowest BCUT2D eigenvalue weighted by atomic mass is 10.0. The first kappa shape index (κ1) is 50.6. The van der Waals surface area contributed by atoms with Crippen molar-refractivity contribution in [2.45, 2.75) is 135 Å². The van der Waals surface area contributed by atoms with Crippen molar-refractivity contribution < 1.29 is 57.1 Å². The summed E-state index contributed by atoms with van der Waals surface area (Å²) in [6.07, 6.45) is 3.68. The van der Waals surface area contributed by atoms with Gasteiger partial charge in [-0.15, -0.1) is 0 Å². The Kier molecular flexibility index (Phi) is 20.5. The van der Waals surface area contributed by atoms with Crippen LogP contribution in [0.2, 0.25) is 0 Å². The summed E-state index contributed by atoms with van der Waals surface area (Å²) in [6, 6.07) is 3.69. The van der Waals surface area contributed by atoms with Gasteiger partial charge in [-0.1, -0.05) is 44.2 Å². The first-order valence-corrected chi connectivity index (χ1v) is 22.1. The molecule has 2 heterocycles. The molecule has 0 bridgehead atoms. The number of nitrogens with zero attached hydrogens (tertiary/aromatic N) is 2. The van der Waals surface area contributed by atoms with E-state index in [1.165, 1.54) is 29.9 Å². The molecule has 0 spiro atoms. The van der Waals surface area contributed by atoms with Gasteiger partial charge in [0.05, 0.1) is 37.7 Å². The standard InChI is InChI=1S/C40H63N8O12P/c1-24(2)18-31(46-40(54)33-20-30(22-48(33)34(49)15-17-58-25(3)4)59-16-11-10-14-28-12-8-7-9-13-28)39(53)45-32(19-29-21-42-23-43-29)38(52)44-26(5)37(51)47-35(36(41)50)27(6)60-61(55,56)57/h7-9,12-13,21,23-27,30-33,35H,10-11,14-20,22H2,1-6H3,(H2,41,50)(H,42,43)(H,44,52)(H,45,53)(H,46,54)(H,47,51)(H2,55,56,57)/t26-,27+,30-,31-,32-,33-,35-/m0/s1. The Hall–Kier alpha value is -4.72. The van der Waals surface area contributed by atoms with Gasteiger partial charge < -0.3 is 56.1 Å². The molecule has 0 aliphatic carbocycles. The number of amides is 6. The lowest BCUT2D eigenvalue weighted by Crippen LogP contribution is -2.59. The van der Waals surface area contributed by atoms with Crippen molar-refractivity contribution >= 4 is 43.3 Å². The molecule has 61 heavy (non-hydrogen) atoms. The molecule has 7 atom stereocenters. The number of imidazole rings is 1. The number of hydrogen-bond donors (Lipinski definition) is 8. The second kappa shape index (κ2) is 24.7. The van der Waals surface area contributed by atoms with E-state index < -0.39 is 79.8 Å². The van der Waals surface area contributed by atoms with Gasteiger partial charge in [0.1, 0.15) is 30.2 Å². The molecule has 21 heteroatoms. The van der Waals surface area contributed by atoms with Crippen LogP contribution in [0.3, 0.4) is 0 Å². The SMILES string of the molecule is CC(C)C[C@H](NC(=O)[C@@H]1C[C@H](OCCCCc2ccccc2)CN1C(=O)CCOC(C)C)C(=O)N[C@@H](Cc1cnc[nH]1)C(=O)N[C@@H](C)C(=O)N[C@H](C(N)=O)[C@@H](C)OP(=O)(O)O. The fraction of sp³-hybridized carbons (Fsp3) is 0.625. The average Bonchev–Trinajstić information content (AvgIpc) is 3.86. The highest BCUT2D eigenvalue weighted by atomic mass is 31.2. The third-order valence-electron chi connectivity index (χ3n) is 9.79. The summed E-state index contributed by atoms with van der Waals surface area (Å²) >= 11 is 0. The van der Waals surface area contributed by atoms with E-state index in [0.29, 0.717) is 12.3 Å². The number of rotatable bonds is 26. The van der Waals surface area contributed by atoms with Crippen LogP contribution in [0.25, 0.3) is 0 Å². The number of phosphoric acid groups is 1. The van der Waals surface area contributed by atoms with E-state index in [2.05, 4.69) is 47.9 Å². The number of ether oxygens (including phenoxy) is 2. The summed E-state index contributed by atoms with van der Waals surface area (Å²) in [5, 5.41) is 10.2. The van der Waals surface area contributed by atoms with Crippen LogP contribution in [0.1, 0.15) is 84.9 Å². The molecule has 1 aliphatic rings. The topological polar surface area (TPSA) is 294 Å². The zero-order chi connectivity index (χ0) is 45.3. The molecule has 9 N–H and O–H groups in total. The third-order valence-corrected chi connectivity index (χ3v) is 10.4. The molecule has 1 aliphatic heterocycles. The molecule has 0 saturated carbocycles. The highest BCUT2D eigenvalue weighted by molar-refractivity contribution is 7.46. The van der Waals surface area contributed by atoms with Gasteiger partial charge in [0.2, 0.25) is 35.4 Å². The van der Waals surface area contributed by atoms with Gasteiger partial charge in [0, 0.05) is 37.9 Å². The van der Waals surface area contributed by atoms with E-state index in [-0.39, 0.29) is 56.8 Å². The van der Waals surface area contributed by atoms with Crippen molar-refractivity contribution in [1.29, 1.82) is 0 Å². The third kappa shape index (κ3) is 18.0. The molecule has 1 aromatic heterocycles. The first-order valence-electron chi connectivity index (χ1n) is 20.5. The largest absolute Gasteiger partial charge is 0.469 e. The minimum atomic E-state index is -5.06. The second-order valence-electron chi connectivity index (χ2n) is 15.9. The van der Waals surface area contributed by atoms with Crippen molar-refractivity contribution in [2.24, 2.45) is 11.7 Å². The summed E-state index contributed by atoms with van der Waals surface area (Å²) in [6.45, 7) is 10.6. The lowest BCUT2D eigenvalue weighted by molar-refractivity contribution is -0.140. The summed E-state index contributed by atoms with van der Waals surface area (Å²) in [5.74, 6) is -4.58. The number of likely N-dealkylation sites (tertiary alicyclic amines) is 1. The molecule has 6 amide bonds. The Labute approximate surface area is 356 Å². The zero-order valence-electron chi connectivity index (χ0n) is 35.7. The van der Waals surface area contributed by atoms with E-state index in [1.54, 1.807) is 0 Å². The molecular weight excluding hydrogens is 815 g/mol. The molecule has 0 radical (unpaired) electrons. The van der Waals surface area contributed by atoms with E-state index in [4.69, 9.17) is 25.0 Å². The number of unbranched alkanes of at least 4 members (excludes halogenated alkanes) is 1. The maximum atomic E-state index is 14.1. The quantitative estimate of drug-likeness (QED) is 0.0479. The monoisotopic (exact) mass is 878 g/mol. The maximum absolute atomic E-state index is 14.1. The molecule has 0 unspecified atom stereocenters. The summed E-state index contributed by atoms with van der Waals surface area (Å²) in [7, 11) is -5.06. The van der Waals surface area contributed by atoms with Gasteiger partial charge >= 0.3 is 7.82 Å². The van der Waals surface area contributed by atoms with Gasteiger partial charge in [-0.3, -0.25) is 33.3 Å². The number of carbonyl (C=O) groups excluding carboxylic acids is 6. The number of primary amides is 1. The number of hydrogen-bond acceptors (Lipinski definition) is 11. The van der Waals surface area contributed by atoms with Gasteiger partial charge in [-0.05, 0) is 64.9 Å². The van der Waals surface area contributed by atoms with Crippen LogP contribution in [0.4, 0.5) is 0 Å². The number of carbonyl (C=O) groups is 6. The number of aryl methyl sites for hydroxylation is 1. The zero-order valence-corrected chi connectivity index (χ0v) is 36.6. The number of benzene rings is 1. The van der Waals surface area contributed by atoms with Crippen LogP contribution < -0.4 is 27.0 Å². The first-order chi connectivity index (χ1) is 28.7. The Morgan fingerprint density at radius 1 is 0.918 bits per heavy atom. The molecule has 2 aromatic rings. The Morgan fingerprint density at radius 2 is 1.61 bits per heavy atom. The highest BCUT2D eigenvalue weighted by Crippen LogP contribution is 2.38. The summed E-state index contributed by atoms with van der Waals surface area (Å²) in [4.78, 5) is 107. The Balaban J connectivity index is 1.73. The van der Waals surface area contributed by atoms with E-state index >= 15 is 0 Å². The summed E-state index contributed by atoms with van der Waals surface area (Å²) in [5.41, 5.74) is 7.01. The Morgan fingerprint density at radius 3 is 2.21 bits per heavy atom. The number of aromatic amines is 1. The van der Waals surface area contributed by atoms with Crippen LogP contribution in [0.15, 0.2) is 42.9 Å². The molecular formula is C40H63N8O12P. The van der Waals surface area contributed by atoms with E-state index in [0.717, 1.165) is 26.2 Å². The second-order valence-corrected chi connectivity index (χ2v) is 17.0. The summed E-state index contributed by atoms with van der Waals surface area (Å²) < 4.78 is 27.6. The molecule has 340 valence electrons. The van der Waals surface area contributed by atoms with Gasteiger partial charge in [0.25, 0.3) is 0 Å². The van der Waals surface area contributed by atoms with Crippen molar-refractivity contribution in [2.75, 3.05) is 19.8 Å². The molecule has 1 aromatic carbocycles. The maximum Gasteiger partial charge on any atom is 0.469 e. The minimum Gasteiger partial charge on any atom is -0.378 e. The van der Waals surface area contributed by atoms with Crippen LogP contribution in [-0.2, 0) is 60.2 Å². The smallest absolute Gasteiger partial charge is 0.378 e. The molecule has 20 nitrogen and oxygen atoms in total. The predicted molar refractivity (Wildman–Crippen MR) is 222 cm³/mol. The van der Waals surface area contributed by atoms with Crippen LogP contribution in [0.5, 0.6) is 0 Å². The van der Waals surface area contributed by atoms with Crippen LogP contribution >= 0.6 is 7.82 Å². The fourth-order valence-electron chi connectivity index (χ4n) is 6.72. The lowest BCUT2D eigenvalue weighted by Gasteiger charge is -2.28. The van der Waals surface area contributed by atoms with Crippen LogP contribution in [0, 0.1) is 5.92 Å². The van der Waals surface area contributed by atoms with Gasteiger partial charge in [-0.2, -0.15) is 0 Å². The van der Waals surface area contributed by atoms with E-state index in [9.17, 15) is 33.3 Å². The van der Waals surface area contributed by atoms with Crippen molar-refractivity contribution in [3.8, 4) is 0 Å². The molecule has 1 fully saturated rings. The van der Waals surface area contributed by atoms with Gasteiger partial charge in [-0.25, -0.2) is 9.55 Å². The number of aromatic nitrogens is 2. The number of H-pyrrole nitrogens is 1. The molecule has 1 saturated heterocycles. The number of nitrogens with one attached hydrogen (secondary N) is 5. The van der Waals surface area contributed by atoms with Crippen LogP contribution in [-0.4, -0.2) is 128 Å². The Bertz CT molecular complexity index is 1780. The predicted octanol–water partition coefficient (Wildman–Crippen LogP) is 0.765. The normalized spacial score (nSPS) is 17.9. The van der Waals surface area contributed by atoms with E-state index in [1.807, 2.05) is 45.9 Å². The number of phosphoric ester groups is 1. The highest BCUT2D eigenvalue weighted by Gasteiger charge is 2.41.